The Labute approximate surface area is 41.3 Å². The Balaban J connectivity index is 3.25. The predicted molar refractivity (Wildman–Crippen MR) is 23.3 cm³/mol. The summed E-state index contributed by atoms with van der Waals surface area (Å²) >= 11 is 0. The van der Waals surface area contributed by atoms with Crippen LogP contribution in [0.3, 0.4) is 0 Å². The van der Waals surface area contributed by atoms with Gasteiger partial charge in [-0.05, 0) is 0 Å². The molecule has 7 heavy (non-hydrogen) atoms. The molecule has 0 rings (SSSR count). The maximum absolute atomic E-state index is 9.78. The molecule has 0 aromatic carbocycles. The molecule has 0 saturated carbocycles. The van der Waals surface area contributed by atoms with Crippen molar-refractivity contribution < 1.29 is 9.70 Å². The van der Waals surface area contributed by atoms with E-state index in [0.717, 1.165) is 6.26 Å². The van der Waals surface area contributed by atoms with Crippen LogP contribution in [0.2, 0.25) is 0 Å². The summed E-state index contributed by atoms with van der Waals surface area (Å²) < 4.78 is 0. The first-order valence-corrected chi connectivity index (χ1v) is 1.66. The molecule has 0 N–H and O–H groups in total. The number of hydroxylamine groups is 1. The van der Waals surface area contributed by atoms with Gasteiger partial charge in [-0.2, -0.15) is 0 Å². The first kappa shape index (κ1) is 5.94. The monoisotopic (exact) mass is 102 g/mol. The van der Waals surface area contributed by atoms with Crippen LogP contribution in [0.1, 0.15) is 0 Å². The topological polar surface area (TPSA) is 47.7 Å². The lowest BCUT2D eigenvalue weighted by molar-refractivity contribution is -0.526. The van der Waals surface area contributed by atoms with Crippen LogP contribution < -0.4 is 0 Å². The zero-order valence-electron chi connectivity index (χ0n) is 4.00. The molecule has 0 aliphatic heterocycles. The van der Waals surface area contributed by atoms with Crippen LogP contribution in [0.4, 0.5) is 0 Å². The zero-order valence-corrected chi connectivity index (χ0v) is 4.00. The van der Waals surface area contributed by atoms with E-state index in [1.54, 1.807) is 0 Å². The molecule has 0 amide bonds. The van der Waals surface area contributed by atoms with Crippen LogP contribution in [0, 0.1) is 5.21 Å². The molecule has 0 atom stereocenters. The van der Waals surface area contributed by atoms with Crippen molar-refractivity contribution in [3.63, 3.8) is 0 Å². The van der Waals surface area contributed by atoms with Gasteiger partial charge < -0.3 is 10.0 Å². The Morgan fingerprint density at radius 3 is 2.71 bits per heavy atom. The van der Waals surface area contributed by atoms with Gasteiger partial charge in [0, 0.05) is 0 Å². The fourth-order valence-corrected chi connectivity index (χ4v) is 0.0997. The van der Waals surface area contributed by atoms with Gasteiger partial charge in [-0.3, -0.25) is 0 Å². The fourth-order valence-electron chi connectivity index (χ4n) is 0.0997. The highest BCUT2D eigenvalue weighted by molar-refractivity contribution is 4.42. The highest BCUT2D eigenvalue weighted by Gasteiger charge is 1.72. The average molecular weight is 102 g/mol. The Hall–Kier alpha value is -1.06. The van der Waals surface area contributed by atoms with Gasteiger partial charge in [-0.1, -0.05) is 11.4 Å². The van der Waals surface area contributed by atoms with E-state index in [2.05, 4.69) is 16.7 Å². The maximum Gasteiger partial charge on any atom is 0.204 e. The molecule has 0 unspecified atom stereocenters. The van der Waals surface area contributed by atoms with Crippen LogP contribution >= 0.6 is 0 Å². The molecule has 4 heteroatoms. The first-order chi connectivity index (χ1) is 3.27. The van der Waals surface area contributed by atoms with Crippen molar-refractivity contribution in [2.45, 2.75) is 0 Å². The molecule has 4 nitrogen and oxygen atoms in total. The molecular formula is C3H6N2O2. The Morgan fingerprint density at radius 1 is 2.00 bits per heavy atom. The minimum atomic E-state index is 0.293. The largest absolute Gasteiger partial charge is 0.598 e. The standard InChI is InChI=1S/C3H6N2O2/c1-3-7-4-5(2)6/h3H,1H2,2H3/b5-4+. The lowest BCUT2D eigenvalue weighted by atomic mass is 11.2. The molecule has 0 spiro atoms. The fraction of sp³-hybridized carbons (Fsp3) is 0.333. The predicted octanol–water partition coefficient (Wildman–Crippen LogP) is 0.654. The second-order valence-electron chi connectivity index (χ2n) is 0.818. The van der Waals surface area contributed by atoms with E-state index in [1.165, 1.54) is 7.05 Å². The molecule has 0 aromatic rings. The van der Waals surface area contributed by atoms with Gasteiger partial charge in [0.2, 0.25) is 5.28 Å². The Kier molecular flexibility index (Phi) is 2.67. The highest BCUT2D eigenvalue weighted by Crippen LogP contribution is 1.72. The minimum absolute atomic E-state index is 0.293. The highest BCUT2D eigenvalue weighted by atomic mass is 16.7. The van der Waals surface area contributed by atoms with Gasteiger partial charge in [0.05, 0.1) is 0 Å². The van der Waals surface area contributed by atoms with E-state index in [1.807, 2.05) is 0 Å². The molecule has 40 valence electrons. The van der Waals surface area contributed by atoms with Crippen LogP contribution in [0.25, 0.3) is 0 Å². The normalized spacial score (nSPS) is 10.7. The summed E-state index contributed by atoms with van der Waals surface area (Å²) in [7, 11) is 1.21. The average Bonchev–Trinajstić information content (AvgIpc) is 1.61. The van der Waals surface area contributed by atoms with Crippen molar-refractivity contribution in [2.75, 3.05) is 7.05 Å². The minimum Gasteiger partial charge on any atom is -0.598 e. The van der Waals surface area contributed by atoms with E-state index >= 15 is 0 Å². The van der Waals surface area contributed by atoms with E-state index in [9.17, 15) is 5.21 Å². The Bertz CT molecular complexity index is 84.9. The van der Waals surface area contributed by atoms with E-state index in [4.69, 9.17) is 0 Å². The third-order valence-corrected chi connectivity index (χ3v) is 0.237. The molecule has 0 fully saturated rings. The zero-order chi connectivity index (χ0) is 5.70. The van der Waals surface area contributed by atoms with Gasteiger partial charge in [0.15, 0.2) is 7.05 Å². The third-order valence-electron chi connectivity index (χ3n) is 0.237. The van der Waals surface area contributed by atoms with E-state index < -0.39 is 0 Å². The van der Waals surface area contributed by atoms with Gasteiger partial charge in [0.1, 0.15) is 6.26 Å². The van der Waals surface area contributed by atoms with Crippen LogP contribution in [0.5, 0.6) is 0 Å². The third kappa shape index (κ3) is 4.94. The summed E-state index contributed by atoms with van der Waals surface area (Å²) in [6, 6.07) is 0. The molecular weight excluding hydrogens is 96.0 g/mol. The second kappa shape index (κ2) is 3.14. The van der Waals surface area contributed by atoms with E-state index in [-0.39, 0.29) is 0 Å². The summed E-state index contributed by atoms with van der Waals surface area (Å²) in [6.07, 6.45) is 1.06. The van der Waals surface area contributed by atoms with Crippen molar-refractivity contribution in [1.82, 2.24) is 0 Å². The molecule has 0 heterocycles. The van der Waals surface area contributed by atoms with Crippen LogP contribution in [-0.2, 0) is 4.84 Å². The van der Waals surface area contributed by atoms with Crippen molar-refractivity contribution in [2.24, 2.45) is 5.28 Å². The van der Waals surface area contributed by atoms with Gasteiger partial charge in [0.25, 0.3) is 0 Å². The number of rotatable bonds is 2. The number of hydrogen-bond acceptors (Lipinski definition) is 3. The molecule has 0 aliphatic rings. The van der Waals surface area contributed by atoms with Gasteiger partial charge >= 0.3 is 0 Å². The SMILES string of the molecule is C=CO/N=[N+](\C)[O-]. The second-order valence-corrected chi connectivity index (χ2v) is 0.818. The molecule has 0 aliphatic carbocycles. The summed E-state index contributed by atoms with van der Waals surface area (Å²) in [5.74, 6) is 0. The van der Waals surface area contributed by atoms with Crippen LogP contribution in [-0.4, -0.2) is 11.9 Å². The number of nitrogens with zero attached hydrogens (tertiary/aromatic N) is 2. The van der Waals surface area contributed by atoms with Crippen molar-refractivity contribution in [3.8, 4) is 0 Å². The van der Waals surface area contributed by atoms with Crippen molar-refractivity contribution in [1.29, 1.82) is 0 Å². The van der Waals surface area contributed by atoms with Gasteiger partial charge in [-0.15, -0.1) is 0 Å². The summed E-state index contributed by atoms with van der Waals surface area (Å²) in [5, 5.41) is 12.7. The summed E-state index contributed by atoms with van der Waals surface area (Å²) in [5.41, 5.74) is 0. The summed E-state index contributed by atoms with van der Waals surface area (Å²) in [6.45, 7) is 3.15. The van der Waals surface area contributed by atoms with E-state index in [0.29, 0.717) is 4.86 Å². The lowest BCUT2D eigenvalue weighted by Crippen LogP contribution is -1.87. The number of hydrogen-bond donors (Lipinski definition) is 0. The van der Waals surface area contributed by atoms with Crippen molar-refractivity contribution >= 4 is 0 Å². The van der Waals surface area contributed by atoms with Gasteiger partial charge in [-0.25, -0.2) is 0 Å². The van der Waals surface area contributed by atoms with Crippen molar-refractivity contribution in [3.05, 3.63) is 18.0 Å². The maximum atomic E-state index is 9.78. The first-order valence-electron chi connectivity index (χ1n) is 1.66. The molecule has 0 radical (unpaired) electrons. The quantitative estimate of drug-likeness (QED) is 0.222. The molecule has 0 bridgehead atoms. The van der Waals surface area contributed by atoms with Crippen LogP contribution in [0.15, 0.2) is 18.1 Å². The lowest BCUT2D eigenvalue weighted by Gasteiger charge is -1.85. The molecule has 0 aromatic heterocycles. The molecule has 0 saturated heterocycles. The summed E-state index contributed by atoms with van der Waals surface area (Å²) in [4.78, 5) is 4.39. The smallest absolute Gasteiger partial charge is 0.204 e. The Morgan fingerprint density at radius 2 is 2.57 bits per heavy atom.